The van der Waals surface area contributed by atoms with E-state index >= 15 is 0 Å². The molecule has 1 amide bonds. The molecule has 3 nitrogen and oxygen atoms in total. The van der Waals surface area contributed by atoms with Gasteiger partial charge >= 0.3 is 0 Å². The van der Waals surface area contributed by atoms with E-state index in [0.717, 1.165) is 24.2 Å². The molecule has 0 aromatic heterocycles. The van der Waals surface area contributed by atoms with Crippen molar-refractivity contribution >= 4 is 5.91 Å². The third-order valence-electron chi connectivity index (χ3n) is 4.31. The summed E-state index contributed by atoms with van der Waals surface area (Å²) in [6, 6.07) is 6.25. The van der Waals surface area contributed by atoms with Crippen molar-refractivity contribution in [2.45, 2.75) is 60.9 Å². The first-order chi connectivity index (χ1) is 13.6. The molecule has 0 aliphatic carbocycles. The summed E-state index contributed by atoms with van der Waals surface area (Å²) in [4.78, 5) is 14.5. The highest BCUT2D eigenvalue weighted by Gasteiger charge is 2.14. The number of allylic oxidation sites excluding steroid dienone is 4. The highest BCUT2D eigenvalue weighted by molar-refractivity contribution is 5.87. The second kappa shape index (κ2) is 12.3. The second-order valence-corrected chi connectivity index (χ2v) is 8.29. The van der Waals surface area contributed by atoms with Crippen LogP contribution in [0.4, 0.5) is 4.39 Å². The molecule has 1 aromatic rings. The van der Waals surface area contributed by atoms with Gasteiger partial charge < -0.3 is 9.64 Å². The van der Waals surface area contributed by atoms with Gasteiger partial charge in [-0.25, -0.2) is 4.39 Å². The Morgan fingerprint density at radius 3 is 2.38 bits per heavy atom. The molecule has 0 N–H and O–H groups in total. The monoisotopic (exact) mass is 401 g/mol. The first-order valence-corrected chi connectivity index (χ1v) is 10.4. The van der Waals surface area contributed by atoms with E-state index in [1.165, 1.54) is 17.7 Å². The molecule has 0 spiro atoms. The minimum atomic E-state index is -0.282. The molecular formula is C25H36FNO2. The number of amides is 1. The fraction of sp³-hybridized carbons (Fsp3) is 0.480. The first kappa shape index (κ1) is 24.7. The number of carbonyl (C=O) groups is 1. The van der Waals surface area contributed by atoms with Crippen LogP contribution in [0.15, 0.2) is 59.9 Å². The third-order valence-corrected chi connectivity index (χ3v) is 4.31. The lowest BCUT2D eigenvalue weighted by molar-refractivity contribution is -0.127. The molecule has 4 heteroatoms. The molecule has 0 aliphatic rings. The number of ether oxygens (including phenoxy) is 1. The van der Waals surface area contributed by atoms with Crippen LogP contribution >= 0.6 is 0 Å². The smallest absolute Gasteiger partial charge is 0.246 e. The Hall–Kier alpha value is -2.36. The Morgan fingerprint density at radius 1 is 1.17 bits per heavy atom. The van der Waals surface area contributed by atoms with Gasteiger partial charge in [-0.3, -0.25) is 4.79 Å². The number of rotatable bonds is 10. The number of nitrogens with zero attached hydrogens (tertiary/aromatic N) is 1. The zero-order valence-corrected chi connectivity index (χ0v) is 18.8. The maximum atomic E-state index is 13.2. The minimum Gasteiger partial charge on any atom is -0.492 e. The Kier molecular flexibility index (Phi) is 10.4. The van der Waals surface area contributed by atoms with Gasteiger partial charge in [-0.1, -0.05) is 58.4 Å². The highest BCUT2D eigenvalue weighted by Crippen LogP contribution is 2.16. The fourth-order valence-electron chi connectivity index (χ4n) is 2.48. The largest absolute Gasteiger partial charge is 0.492 e. The number of carbonyl (C=O) groups excluding carboxylic acids is 1. The molecule has 0 unspecified atom stereocenters. The summed E-state index contributed by atoms with van der Waals surface area (Å²) in [6.45, 7) is 13.7. The summed E-state index contributed by atoms with van der Waals surface area (Å²) >= 11 is 0. The fourth-order valence-corrected chi connectivity index (χ4v) is 2.48. The summed E-state index contributed by atoms with van der Waals surface area (Å²) in [5, 5.41) is 0. The summed E-state index contributed by atoms with van der Waals surface area (Å²) in [5.41, 5.74) is 2.06. The summed E-state index contributed by atoms with van der Waals surface area (Å²) in [5.74, 6) is 0.482. The van der Waals surface area contributed by atoms with Crippen LogP contribution in [0.25, 0.3) is 0 Å². The van der Waals surface area contributed by atoms with Gasteiger partial charge in [-0.05, 0) is 61.1 Å². The maximum absolute atomic E-state index is 13.2. The topological polar surface area (TPSA) is 29.5 Å². The van der Waals surface area contributed by atoms with Crippen molar-refractivity contribution in [3.63, 3.8) is 0 Å². The molecule has 0 heterocycles. The lowest BCUT2D eigenvalue weighted by Crippen LogP contribution is -2.32. The van der Waals surface area contributed by atoms with E-state index < -0.39 is 0 Å². The van der Waals surface area contributed by atoms with E-state index in [1.54, 1.807) is 23.1 Å². The number of hydrogen-bond acceptors (Lipinski definition) is 2. The van der Waals surface area contributed by atoms with Crippen molar-refractivity contribution in [2.75, 3.05) is 13.2 Å². The molecule has 1 aromatic carbocycles. The lowest BCUT2D eigenvalue weighted by atomic mass is 9.96. The zero-order chi connectivity index (χ0) is 21.9. The van der Waals surface area contributed by atoms with Crippen molar-refractivity contribution in [2.24, 2.45) is 5.41 Å². The number of hydrogen-bond donors (Lipinski definition) is 0. The van der Waals surface area contributed by atoms with Crippen LogP contribution in [0, 0.1) is 11.2 Å². The van der Waals surface area contributed by atoms with E-state index in [2.05, 4.69) is 47.6 Å². The van der Waals surface area contributed by atoms with Gasteiger partial charge in [-0.15, -0.1) is 0 Å². The van der Waals surface area contributed by atoms with Crippen molar-refractivity contribution in [1.29, 1.82) is 0 Å². The SMILES string of the molecule is CC/C=C(\C=C(\C)CC)OCCN(Cc1ccc(F)cc1)C(=O)/C=C\C(C)(C)C. The molecule has 0 saturated carbocycles. The van der Waals surface area contributed by atoms with Crippen molar-refractivity contribution in [3.05, 3.63) is 71.3 Å². The van der Waals surface area contributed by atoms with Gasteiger partial charge in [0, 0.05) is 6.54 Å². The summed E-state index contributed by atoms with van der Waals surface area (Å²) in [7, 11) is 0. The summed E-state index contributed by atoms with van der Waals surface area (Å²) in [6.07, 6.45) is 9.48. The predicted octanol–water partition coefficient (Wildman–Crippen LogP) is 6.42. The second-order valence-electron chi connectivity index (χ2n) is 8.29. The van der Waals surface area contributed by atoms with Crippen LogP contribution in [0.1, 0.15) is 59.9 Å². The van der Waals surface area contributed by atoms with Gasteiger partial charge in [0.2, 0.25) is 5.91 Å². The van der Waals surface area contributed by atoms with Gasteiger partial charge in [0.05, 0.1) is 6.54 Å². The molecule has 0 radical (unpaired) electrons. The summed E-state index contributed by atoms with van der Waals surface area (Å²) < 4.78 is 19.2. The normalized spacial score (nSPS) is 13.1. The number of halogens is 1. The van der Waals surface area contributed by atoms with Gasteiger partial charge in [-0.2, -0.15) is 0 Å². The van der Waals surface area contributed by atoms with E-state index in [1.807, 2.05) is 12.2 Å². The highest BCUT2D eigenvalue weighted by atomic mass is 19.1. The Morgan fingerprint density at radius 2 is 1.83 bits per heavy atom. The van der Waals surface area contributed by atoms with Crippen molar-refractivity contribution in [1.82, 2.24) is 4.90 Å². The maximum Gasteiger partial charge on any atom is 0.246 e. The molecule has 0 saturated heterocycles. The van der Waals surface area contributed by atoms with E-state index in [-0.39, 0.29) is 17.1 Å². The average molecular weight is 402 g/mol. The third kappa shape index (κ3) is 10.7. The molecule has 29 heavy (non-hydrogen) atoms. The van der Waals surface area contributed by atoms with Gasteiger partial charge in [0.1, 0.15) is 18.2 Å². The number of benzene rings is 1. The molecule has 0 atom stereocenters. The van der Waals surface area contributed by atoms with Crippen LogP contribution in [-0.4, -0.2) is 24.0 Å². The Balaban J connectivity index is 2.87. The predicted molar refractivity (Wildman–Crippen MR) is 119 cm³/mol. The lowest BCUT2D eigenvalue weighted by Gasteiger charge is -2.22. The molecule has 160 valence electrons. The van der Waals surface area contributed by atoms with E-state index in [4.69, 9.17) is 4.74 Å². The van der Waals surface area contributed by atoms with Crippen LogP contribution in [0.2, 0.25) is 0 Å². The average Bonchev–Trinajstić information content (AvgIpc) is 2.66. The van der Waals surface area contributed by atoms with Crippen molar-refractivity contribution in [3.8, 4) is 0 Å². The van der Waals surface area contributed by atoms with Crippen LogP contribution in [-0.2, 0) is 16.1 Å². The molecular weight excluding hydrogens is 365 g/mol. The quantitative estimate of drug-likeness (QED) is 0.257. The molecule has 1 rings (SSSR count). The van der Waals surface area contributed by atoms with Gasteiger partial charge in [0.25, 0.3) is 0 Å². The first-order valence-electron chi connectivity index (χ1n) is 10.4. The molecule has 0 bridgehead atoms. The van der Waals surface area contributed by atoms with Crippen molar-refractivity contribution < 1.29 is 13.9 Å². The van der Waals surface area contributed by atoms with Crippen LogP contribution < -0.4 is 0 Å². The van der Waals surface area contributed by atoms with Crippen LogP contribution in [0.5, 0.6) is 0 Å². The van der Waals surface area contributed by atoms with E-state index in [9.17, 15) is 9.18 Å². The standard InChI is InChI=1S/C25H36FNO2/c1-7-9-23(18-20(3)8-2)29-17-16-27(24(28)14-15-25(4,5)6)19-21-10-12-22(26)13-11-21/h9-15,18H,7-8,16-17,19H2,1-6H3/b15-14-,20-18-,23-9+. The van der Waals surface area contributed by atoms with Crippen LogP contribution in [0.3, 0.4) is 0 Å². The molecule has 0 fully saturated rings. The molecule has 0 aliphatic heterocycles. The Labute approximate surface area is 175 Å². The zero-order valence-electron chi connectivity index (χ0n) is 18.8. The Bertz CT molecular complexity index is 724. The minimum absolute atomic E-state index is 0.0749. The van der Waals surface area contributed by atoms with E-state index in [0.29, 0.717) is 19.7 Å². The van der Waals surface area contributed by atoms with Gasteiger partial charge in [0.15, 0.2) is 0 Å².